The van der Waals surface area contributed by atoms with Gasteiger partial charge in [-0.1, -0.05) is 36.4 Å². The van der Waals surface area contributed by atoms with E-state index in [0.29, 0.717) is 0 Å². The minimum atomic E-state index is 0. The van der Waals surface area contributed by atoms with Crippen molar-refractivity contribution in [3.05, 3.63) is 49.6 Å². The Morgan fingerprint density at radius 3 is 0.667 bits per heavy atom. The molecule has 12 heavy (non-hydrogen) atoms. The largest absolute Gasteiger partial charge is 3.00 e. The zero-order valence-corrected chi connectivity index (χ0v) is 10.0. The summed E-state index contributed by atoms with van der Waals surface area (Å²) < 4.78 is 0. The molecule has 1 aromatic rings. The summed E-state index contributed by atoms with van der Waals surface area (Å²) in [4.78, 5) is 0. The molecular weight excluding hydrogens is 229 g/mol. The normalized spacial score (nSPS) is 4.33. The average Bonchev–Trinajstić information content (AvgIpc) is 1.96. The van der Waals surface area contributed by atoms with Crippen molar-refractivity contribution in [1.82, 2.24) is 0 Å². The molecular formula is C8H10AlCl3. The first kappa shape index (κ1) is 29.4. The fourth-order valence-corrected chi connectivity index (χ4v) is 0.385. The van der Waals surface area contributed by atoms with Crippen LogP contribution in [0.1, 0.15) is 0 Å². The van der Waals surface area contributed by atoms with Gasteiger partial charge in [0.25, 0.3) is 0 Å². The van der Waals surface area contributed by atoms with Gasteiger partial charge in [-0.15, -0.1) is 13.2 Å². The molecule has 0 radical (unpaired) electrons. The van der Waals surface area contributed by atoms with Crippen molar-refractivity contribution >= 4 is 17.4 Å². The van der Waals surface area contributed by atoms with E-state index in [1.54, 1.807) is 0 Å². The molecule has 0 aliphatic rings. The maximum absolute atomic E-state index is 3.00. The quantitative estimate of drug-likeness (QED) is 0.312. The van der Waals surface area contributed by atoms with E-state index in [-0.39, 0.29) is 54.6 Å². The van der Waals surface area contributed by atoms with Gasteiger partial charge in [0.1, 0.15) is 0 Å². The molecule has 0 aliphatic heterocycles. The van der Waals surface area contributed by atoms with Gasteiger partial charge >= 0.3 is 17.4 Å². The molecule has 0 N–H and O–H groups in total. The number of hydrogen-bond donors (Lipinski definition) is 0. The van der Waals surface area contributed by atoms with Crippen molar-refractivity contribution in [3.8, 4) is 0 Å². The summed E-state index contributed by atoms with van der Waals surface area (Å²) in [6.45, 7) is 6.00. The van der Waals surface area contributed by atoms with Gasteiger partial charge in [0.05, 0.1) is 0 Å². The van der Waals surface area contributed by atoms with Gasteiger partial charge in [-0.05, 0) is 0 Å². The number of rotatable bonds is 0. The van der Waals surface area contributed by atoms with Crippen LogP contribution in [0.25, 0.3) is 0 Å². The third-order valence-corrected chi connectivity index (χ3v) is 0.667. The molecule has 1 aromatic carbocycles. The van der Waals surface area contributed by atoms with Gasteiger partial charge in [0.15, 0.2) is 0 Å². The van der Waals surface area contributed by atoms with E-state index in [2.05, 4.69) is 13.2 Å². The molecule has 0 unspecified atom stereocenters. The third-order valence-electron chi connectivity index (χ3n) is 0.667. The smallest absolute Gasteiger partial charge is 1.00 e. The first-order valence-electron chi connectivity index (χ1n) is 2.50. The number of benzene rings is 1. The van der Waals surface area contributed by atoms with Crippen LogP contribution in [-0.4, -0.2) is 17.4 Å². The molecule has 1 rings (SSSR count). The summed E-state index contributed by atoms with van der Waals surface area (Å²) in [6.07, 6.45) is 0. The summed E-state index contributed by atoms with van der Waals surface area (Å²) in [5, 5.41) is 0. The van der Waals surface area contributed by atoms with Gasteiger partial charge < -0.3 is 37.2 Å². The second-order valence-electron chi connectivity index (χ2n) is 1.15. The predicted molar refractivity (Wildman–Crippen MR) is 43.5 cm³/mol. The van der Waals surface area contributed by atoms with Gasteiger partial charge in [0.2, 0.25) is 0 Å². The van der Waals surface area contributed by atoms with Crippen molar-refractivity contribution in [1.29, 1.82) is 0 Å². The molecule has 0 amide bonds. The summed E-state index contributed by atoms with van der Waals surface area (Å²) in [7, 11) is 0. The Morgan fingerprint density at radius 1 is 0.500 bits per heavy atom. The standard InChI is InChI=1S/C6H6.C2H4.Al.3ClH/c1-2-4-6-5-3-1;1-2;;;;/h1-6H;1-2H2;;3*1H/q;;+3;;;/p-3. The molecule has 0 atom stereocenters. The van der Waals surface area contributed by atoms with E-state index in [1.165, 1.54) is 0 Å². The van der Waals surface area contributed by atoms with Crippen LogP contribution in [0.2, 0.25) is 0 Å². The van der Waals surface area contributed by atoms with Gasteiger partial charge in [-0.2, -0.15) is 0 Å². The van der Waals surface area contributed by atoms with Crippen LogP contribution < -0.4 is 37.2 Å². The molecule has 4 heteroatoms. The summed E-state index contributed by atoms with van der Waals surface area (Å²) in [5.41, 5.74) is 0. The number of halogens is 3. The molecule has 0 aliphatic carbocycles. The Kier molecular flexibility index (Phi) is 74.0. The minimum Gasteiger partial charge on any atom is -1.00 e. The fraction of sp³-hybridized carbons (Fsp3) is 0. The van der Waals surface area contributed by atoms with Crippen LogP contribution >= 0.6 is 0 Å². The second-order valence-corrected chi connectivity index (χ2v) is 1.15. The molecule has 0 fully saturated rings. The topological polar surface area (TPSA) is 0 Å². The maximum atomic E-state index is 3.00. The van der Waals surface area contributed by atoms with Crippen molar-refractivity contribution in [3.63, 3.8) is 0 Å². The second kappa shape index (κ2) is 30.1. The molecule has 0 bridgehead atoms. The molecule has 0 aromatic heterocycles. The molecule has 0 heterocycles. The summed E-state index contributed by atoms with van der Waals surface area (Å²) in [6, 6.07) is 12.0. The molecule has 0 spiro atoms. The molecule has 66 valence electrons. The molecule has 0 saturated heterocycles. The Morgan fingerprint density at radius 2 is 0.583 bits per heavy atom. The molecule has 0 saturated carbocycles. The Balaban J connectivity index is -0.0000000257. The van der Waals surface area contributed by atoms with E-state index >= 15 is 0 Å². The summed E-state index contributed by atoms with van der Waals surface area (Å²) in [5.74, 6) is 0. The van der Waals surface area contributed by atoms with Crippen molar-refractivity contribution in [2.75, 3.05) is 0 Å². The van der Waals surface area contributed by atoms with E-state index in [9.17, 15) is 0 Å². The molecule has 0 nitrogen and oxygen atoms in total. The van der Waals surface area contributed by atoms with Gasteiger partial charge in [0, 0.05) is 0 Å². The van der Waals surface area contributed by atoms with E-state index < -0.39 is 0 Å². The Bertz CT molecular complexity index is 97.2. The zero-order chi connectivity index (χ0) is 6.24. The average molecular weight is 240 g/mol. The van der Waals surface area contributed by atoms with E-state index in [0.717, 1.165) is 0 Å². The fourth-order valence-electron chi connectivity index (χ4n) is 0.385. The Hall–Kier alpha value is 0.362. The SMILES string of the molecule is C=C.[Al+3].[Cl-].[Cl-].[Cl-].c1ccccc1. The van der Waals surface area contributed by atoms with Crippen LogP contribution in [0.15, 0.2) is 49.6 Å². The van der Waals surface area contributed by atoms with Gasteiger partial charge in [-0.25, -0.2) is 0 Å². The van der Waals surface area contributed by atoms with Crippen molar-refractivity contribution in [2.24, 2.45) is 0 Å². The van der Waals surface area contributed by atoms with Crippen LogP contribution in [0, 0.1) is 0 Å². The van der Waals surface area contributed by atoms with Crippen LogP contribution in [0.4, 0.5) is 0 Å². The zero-order valence-electron chi connectivity index (χ0n) is 6.59. The third kappa shape index (κ3) is 22.4. The van der Waals surface area contributed by atoms with Crippen LogP contribution in [0.5, 0.6) is 0 Å². The van der Waals surface area contributed by atoms with Gasteiger partial charge in [-0.3, -0.25) is 0 Å². The van der Waals surface area contributed by atoms with Crippen LogP contribution in [-0.2, 0) is 0 Å². The first-order chi connectivity index (χ1) is 4.00. The first-order valence-corrected chi connectivity index (χ1v) is 2.50. The Labute approximate surface area is 104 Å². The van der Waals surface area contributed by atoms with Crippen molar-refractivity contribution < 1.29 is 37.2 Å². The summed E-state index contributed by atoms with van der Waals surface area (Å²) >= 11 is 0. The maximum Gasteiger partial charge on any atom is 3.00 e. The number of hydrogen-bond acceptors (Lipinski definition) is 0. The predicted octanol–water partition coefficient (Wildman–Crippen LogP) is -6.88. The van der Waals surface area contributed by atoms with Crippen molar-refractivity contribution in [2.45, 2.75) is 0 Å². The van der Waals surface area contributed by atoms with E-state index in [1.807, 2.05) is 36.4 Å². The van der Waals surface area contributed by atoms with E-state index in [4.69, 9.17) is 0 Å². The van der Waals surface area contributed by atoms with Crippen LogP contribution in [0.3, 0.4) is 0 Å². The monoisotopic (exact) mass is 238 g/mol. The minimum absolute atomic E-state index is 0.